The quantitative estimate of drug-likeness (QED) is 0.306. The van der Waals surface area contributed by atoms with E-state index in [4.69, 9.17) is 15.5 Å². The summed E-state index contributed by atoms with van der Waals surface area (Å²) >= 11 is 0. The average Bonchev–Trinajstić information content (AvgIpc) is 3.20. The van der Waals surface area contributed by atoms with Crippen molar-refractivity contribution in [2.24, 2.45) is 5.73 Å². The first-order valence-electron chi connectivity index (χ1n) is 11.9. The Morgan fingerprint density at radius 2 is 2.00 bits per heavy atom. The number of nitrogens with zero attached hydrogens (tertiary/aromatic N) is 6. The summed E-state index contributed by atoms with van der Waals surface area (Å²) in [7, 11) is 0. The van der Waals surface area contributed by atoms with Crippen LogP contribution in [0.25, 0.3) is 11.0 Å². The highest BCUT2D eigenvalue weighted by Gasteiger charge is 2.19. The van der Waals surface area contributed by atoms with Crippen LogP contribution in [0, 0.1) is 0 Å². The summed E-state index contributed by atoms with van der Waals surface area (Å²) in [5, 5.41) is 16.3. The summed E-state index contributed by atoms with van der Waals surface area (Å²) < 4.78 is 8.01. The second-order valence-corrected chi connectivity index (χ2v) is 8.73. The lowest BCUT2D eigenvalue weighted by Gasteiger charge is -2.29. The van der Waals surface area contributed by atoms with Gasteiger partial charge in [0.2, 0.25) is 5.95 Å². The first-order chi connectivity index (χ1) is 16.5. The Hall–Kier alpha value is -2.86. The molecule has 1 aliphatic rings. The molecular weight excluding hydrogens is 434 g/mol. The van der Waals surface area contributed by atoms with Crippen LogP contribution in [0.1, 0.15) is 38.6 Å². The minimum absolute atomic E-state index is 0.217. The Morgan fingerprint density at radius 3 is 2.76 bits per heavy atom. The third-order valence-corrected chi connectivity index (χ3v) is 5.79. The molecular formula is C23H35N9O2. The molecule has 4 heterocycles. The van der Waals surface area contributed by atoms with Crippen molar-refractivity contribution >= 4 is 28.6 Å². The third-order valence-electron chi connectivity index (χ3n) is 5.79. The summed E-state index contributed by atoms with van der Waals surface area (Å²) in [6.07, 6.45) is 4.74. The van der Waals surface area contributed by atoms with Crippen LogP contribution in [0.4, 0.5) is 17.6 Å². The van der Waals surface area contributed by atoms with Gasteiger partial charge in [0.1, 0.15) is 29.6 Å². The fraction of sp³-hybridized carbons (Fsp3) is 0.565. The van der Waals surface area contributed by atoms with E-state index in [2.05, 4.69) is 48.9 Å². The van der Waals surface area contributed by atoms with Crippen molar-refractivity contribution in [3.05, 3.63) is 30.4 Å². The van der Waals surface area contributed by atoms with E-state index in [1.807, 2.05) is 12.1 Å². The number of hydrogen-bond acceptors (Lipinski definition) is 10. The first kappa shape index (κ1) is 24.3. The predicted molar refractivity (Wildman–Crippen MR) is 132 cm³/mol. The van der Waals surface area contributed by atoms with Gasteiger partial charge in [-0.15, -0.1) is 0 Å². The number of pyridine rings is 1. The number of fused-ring (bicyclic) bond motifs is 1. The zero-order valence-corrected chi connectivity index (χ0v) is 19.9. The van der Waals surface area contributed by atoms with Crippen LogP contribution >= 0.6 is 0 Å². The zero-order chi connectivity index (χ0) is 23.9. The molecule has 11 nitrogen and oxygen atoms in total. The van der Waals surface area contributed by atoms with Gasteiger partial charge in [0.05, 0.1) is 24.4 Å². The van der Waals surface area contributed by atoms with E-state index in [0.29, 0.717) is 37.3 Å². The Labute approximate surface area is 199 Å². The van der Waals surface area contributed by atoms with E-state index < -0.39 is 0 Å². The van der Waals surface area contributed by atoms with Crippen molar-refractivity contribution in [1.29, 1.82) is 0 Å². The van der Waals surface area contributed by atoms with Gasteiger partial charge < -0.3 is 35.7 Å². The number of nitrogens with two attached hydrogens (primary N) is 1. The van der Waals surface area contributed by atoms with Crippen LogP contribution in [0.2, 0.25) is 0 Å². The number of aliphatic hydroxyl groups excluding tert-OH is 1. The fourth-order valence-electron chi connectivity index (χ4n) is 4.10. The van der Waals surface area contributed by atoms with Crippen LogP contribution < -0.4 is 21.3 Å². The van der Waals surface area contributed by atoms with Crippen LogP contribution in [-0.2, 0) is 11.3 Å². The number of nitrogens with one attached hydrogen (secondary N) is 2. The number of imidazole rings is 1. The molecule has 1 saturated heterocycles. The summed E-state index contributed by atoms with van der Waals surface area (Å²) in [5.74, 6) is 2.89. The van der Waals surface area contributed by atoms with Crippen LogP contribution in [0.5, 0.6) is 0 Å². The molecule has 0 aromatic carbocycles. The number of ether oxygens (including phenoxy) is 1. The van der Waals surface area contributed by atoms with E-state index in [-0.39, 0.29) is 12.1 Å². The van der Waals surface area contributed by atoms with Gasteiger partial charge in [0.25, 0.3) is 0 Å². The number of aliphatic hydroxyl groups is 1. The molecule has 1 aliphatic heterocycles. The summed E-state index contributed by atoms with van der Waals surface area (Å²) in [6, 6.07) is 4.04. The van der Waals surface area contributed by atoms with Gasteiger partial charge in [-0.2, -0.15) is 4.98 Å². The molecule has 11 heteroatoms. The summed E-state index contributed by atoms with van der Waals surface area (Å²) in [4.78, 5) is 20.5. The van der Waals surface area contributed by atoms with Gasteiger partial charge >= 0.3 is 0 Å². The van der Waals surface area contributed by atoms with Crippen molar-refractivity contribution in [2.75, 3.05) is 49.5 Å². The van der Waals surface area contributed by atoms with E-state index >= 15 is 0 Å². The van der Waals surface area contributed by atoms with Crippen LogP contribution in [0.3, 0.4) is 0 Å². The molecule has 0 aliphatic carbocycles. The minimum atomic E-state index is -0.234. The smallest absolute Gasteiger partial charge is 0.227 e. The number of anilines is 3. The van der Waals surface area contributed by atoms with Crippen molar-refractivity contribution in [3.8, 4) is 0 Å². The normalized spacial score (nSPS) is 14.9. The summed E-state index contributed by atoms with van der Waals surface area (Å²) in [6.45, 7) is 8.94. The van der Waals surface area contributed by atoms with E-state index in [0.717, 1.165) is 55.9 Å². The van der Waals surface area contributed by atoms with Gasteiger partial charge in [-0.1, -0.05) is 0 Å². The lowest BCUT2D eigenvalue weighted by molar-refractivity contribution is 0.114. The molecule has 34 heavy (non-hydrogen) atoms. The van der Waals surface area contributed by atoms with E-state index in [9.17, 15) is 5.11 Å². The largest absolute Gasteiger partial charge is 0.393 e. The number of aromatic nitrogens is 5. The topological polar surface area (TPSA) is 139 Å². The van der Waals surface area contributed by atoms with Crippen molar-refractivity contribution in [2.45, 2.75) is 45.4 Å². The van der Waals surface area contributed by atoms with Gasteiger partial charge in [-0.05, 0) is 32.8 Å². The minimum Gasteiger partial charge on any atom is -0.393 e. The molecule has 5 N–H and O–H groups in total. The van der Waals surface area contributed by atoms with Gasteiger partial charge in [-0.25, -0.2) is 15.0 Å². The fourth-order valence-corrected chi connectivity index (χ4v) is 4.10. The van der Waals surface area contributed by atoms with E-state index in [1.165, 1.54) is 0 Å². The molecule has 3 aromatic rings. The van der Waals surface area contributed by atoms with Gasteiger partial charge in [0.15, 0.2) is 0 Å². The molecule has 184 valence electrons. The lowest BCUT2D eigenvalue weighted by Crippen LogP contribution is -2.36. The second-order valence-electron chi connectivity index (χ2n) is 8.73. The Bertz CT molecular complexity index is 1060. The lowest BCUT2D eigenvalue weighted by atomic mass is 10.1. The second kappa shape index (κ2) is 11.5. The molecule has 0 radical (unpaired) electrons. The van der Waals surface area contributed by atoms with Crippen molar-refractivity contribution < 1.29 is 9.84 Å². The Balaban J connectivity index is 1.47. The highest BCUT2D eigenvalue weighted by molar-refractivity contribution is 5.79. The molecule has 0 spiro atoms. The van der Waals surface area contributed by atoms with E-state index in [1.54, 1.807) is 12.4 Å². The number of hydrogen-bond donors (Lipinski definition) is 4. The third kappa shape index (κ3) is 5.98. The molecule has 0 amide bonds. The summed E-state index contributed by atoms with van der Waals surface area (Å²) in [5.41, 5.74) is 7.31. The molecule has 0 unspecified atom stereocenters. The maximum atomic E-state index is 9.75. The zero-order valence-electron chi connectivity index (χ0n) is 19.9. The van der Waals surface area contributed by atoms with Gasteiger partial charge in [-0.3, -0.25) is 0 Å². The Kier molecular flexibility index (Phi) is 8.22. The highest BCUT2D eigenvalue weighted by atomic mass is 16.5. The molecule has 4 rings (SSSR count). The van der Waals surface area contributed by atoms with Crippen molar-refractivity contribution in [3.63, 3.8) is 0 Å². The van der Waals surface area contributed by atoms with Crippen molar-refractivity contribution in [1.82, 2.24) is 29.8 Å². The average molecular weight is 470 g/mol. The molecule has 1 fully saturated rings. The monoisotopic (exact) mass is 469 g/mol. The SMILES string of the molecule is CC(C)n1c(COCCNCCN)nc2cnc(Nc3ccnc(N4CCC(O)CC4)n3)cc21. The maximum Gasteiger partial charge on any atom is 0.227 e. The highest BCUT2D eigenvalue weighted by Crippen LogP contribution is 2.25. The molecule has 0 saturated carbocycles. The number of piperidine rings is 1. The standard InChI is InChI=1S/C23H35N9O2/c1-16(2)32-19-13-21(27-14-18(19)28-22(32)15-34-12-9-25-8-6-24)29-20-3-7-26-23(30-20)31-10-4-17(33)5-11-31/h3,7,13-14,16-17,25,33H,4-6,8-12,15,24H2,1-2H3,(H,26,27,29,30). The predicted octanol–water partition coefficient (Wildman–Crippen LogP) is 1.57. The van der Waals surface area contributed by atoms with Crippen LogP contribution in [-0.4, -0.2) is 75.0 Å². The van der Waals surface area contributed by atoms with Crippen LogP contribution in [0.15, 0.2) is 24.5 Å². The molecule has 0 atom stereocenters. The number of rotatable bonds is 11. The molecule has 0 bridgehead atoms. The first-order valence-corrected chi connectivity index (χ1v) is 11.9. The maximum absolute atomic E-state index is 9.75. The Morgan fingerprint density at radius 1 is 1.18 bits per heavy atom. The van der Waals surface area contributed by atoms with Gasteiger partial charge in [0, 0.05) is 51.0 Å². The molecule has 3 aromatic heterocycles.